The second-order valence-corrected chi connectivity index (χ2v) is 14.5. The highest BCUT2D eigenvalue weighted by atomic mass is 16.3. The van der Waals surface area contributed by atoms with E-state index >= 15 is 0 Å². The molecule has 0 unspecified atom stereocenters. The smallest absolute Gasteiger partial charge is 0.164 e. The quantitative estimate of drug-likeness (QED) is 0.177. The Hall–Kier alpha value is -7.76. The Labute approximate surface area is 327 Å². The van der Waals surface area contributed by atoms with Gasteiger partial charge in [-0.2, -0.15) is 0 Å². The number of pyridine rings is 1. The minimum absolute atomic E-state index is 0.620. The minimum atomic E-state index is 0.620. The lowest BCUT2D eigenvalue weighted by atomic mass is 9.92. The standard InChI is InChI=1S/C52H30N4O/c1-2-11-32(12-3-1)50-54-51(33-24-22-31(23-25-33)34-26-28-40-41-19-10-30-53-49(41)44-18-8-16-38(34)47(40)44)56-52(55-50)42-29-27-37(35-13-4-5-14-36(35)42)39-17-9-21-46-48(39)43-15-6-7-20-45(43)57-46/h1-30H. The largest absolute Gasteiger partial charge is 0.456 e. The van der Waals surface area contributed by atoms with Crippen LogP contribution in [0.2, 0.25) is 0 Å². The molecule has 1 aliphatic rings. The van der Waals surface area contributed by atoms with Gasteiger partial charge in [-0.15, -0.1) is 0 Å². The van der Waals surface area contributed by atoms with Gasteiger partial charge in [0.15, 0.2) is 17.5 Å². The third kappa shape index (κ3) is 4.89. The summed E-state index contributed by atoms with van der Waals surface area (Å²) in [5, 5.41) is 6.88. The van der Waals surface area contributed by atoms with Gasteiger partial charge in [0.1, 0.15) is 11.2 Å². The molecule has 0 spiro atoms. The van der Waals surface area contributed by atoms with Crippen molar-refractivity contribution in [2.75, 3.05) is 0 Å². The Morgan fingerprint density at radius 1 is 0.298 bits per heavy atom. The highest BCUT2D eigenvalue weighted by molar-refractivity contribution is 6.18. The number of rotatable bonds is 5. The van der Waals surface area contributed by atoms with E-state index in [9.17, 15) is 0 Å². The fourth-order valence-electron chi connectivity index (χ4n) is 8.79. The molecule has 3 heterocycles. The normalized spacial score (nSPS) is 11.9. The number of benzene rings is 8. The van der Waals surface area contributed by atoms with Crippen LogP contribution in [0.5, 0.6) is 0 Å². The van der Waals surface area contributed by atoms with Gasteiger partial charge in [0.2, 0.25) is 0 Å². The van der Waals surface area contributed by atoms with Gasteiger partial charge in [-0.3, -0.25) is 4.98 Å². The van der Waals surface area contributed by atoms with E-state index in [1.165, 1.54) is 33.0 Å². The molecule has 0 atom stereocenters. The fraction of sp³-hybridized carbons (Fsp3) is 0. The topological polar surface area (TPSA) is 64.7 Å². The number of hydrogen-bond acceptors (Lipinski definition) is 5. The number of aromatic nitrogens is 4. The van der Waals surface area contributed by atoms with Crippen LogP contribution in [0.1, 0.15) is 0 Å². The van der Waals surface area contributed by atoms with E-state index in [1.54, 1.807) is 0 Å². The summed E-state index contributed by atoms with van der Waals surface area (Å²) in [5.41, 5.74) is 13.8. The van der Waals surface area contributed by atoms with Gasteiger partial charge >= 0.3 is 0 Å². The molecule has 0 amide bonds. The molecule has 264 valence electrons. The second-order valence-electron chi connectivity index (χ2n) is 14.5. The first-order chi connectivity index (χ1) is 28.3. The van der Waals surface area contributed by atoms with Crippen LogP contribution in [0.15, 0.2) is 187 Å². The van der Waals surface area contributed by atoms with Crippen LogP contribution in [0, 0.1) is 0 Å². The van der Waals surface area contributed by atoms with Crippen molar-refractivity contribution in [3.63, 3.8) is 0 Å². The zero-order chi connectivity index (χ0) is 37.5. The Morgan fingerprint density at radius 2 is 0.860 bits per heavy atom. The van der Waals surface area contributed by atoms with Crippen molar-refractivity contribution in [1.29, 1.82) is 0 Å². The summed E-state index contributed by atoms with van der Waals surface area (Å²) in [6, 6.07) is 61.3. The highest BCUT2D eigenvalue weighted by Gasteiger charge is 2.24. The van der Waals surface area contributed by atoms with Crippen molar-refractivity contribution in [2.45, 2.75) is 0 Å². The average Bonchev–Trinajstić information content (AvgIpc) is 3.83. The molecule has 0 saturated carbocycles. The first-order valence-corrected chi connectivity index (χ1v) is 19.1. The van der Waals surface area contributed by atoms with E-state index in [1.807, 2.05) is 60.8 Å². The van der Waals surface area contributed by atoms with Gasteiger partial charge in [0, 0.05) is 44.8 Å². The van der Waals surface area contributed by atoms with Gasteiger partial charge in [0.25, 0.3) is 0 Å². The first kappa shape index (κ1) is 31.6. The zero-order valence-corrected chi connectivity index (χ0v) is 30.5. The molecule has 0 saturated heterocycles. The van der Waals surface area contributed by atoms with Crippen LogP contribution in [-0.4, -0.2) is 19.9 Å². The maximum Gasteiger partial charge on any atom is 0.164 e. The van der Waals surface area contributed by atoms with E-state index in [0.29, 0.717) is 17.5 Å². The first-order valence-electron chi connectivity index (χ1n) is 19.1. The molecule has 11 aromatic rings. The number of nitrogens with zero attached hydrogens (tertiary/aromatic N) is 4. The van der Waals surface area contributed by atoms with Crippen molar-refractivity contribution in [3.05, 3.63) is 182 Å². The highest BCUT2D eigenvalue weighted by Crippen LogP contribution is 2.48. The fourth-order valence-corrected chi connectivity index (χ4v) is 8.79. The van der Waals surface area contributed by atoms with Crippen molar-refractivity contribution >= 4 is 43.5 Å². The van der Waals surface area contributed by atoms with Crippen molar-refractivity contribution in [2.24, 2.45) is 0 Å². The molecule has 5 nitrogen and oxygen atoms in total. The van der Waals surface area contributed by atoms with Gasteiger partial charge in [-0.1, -0.05) is 152 Å². The molecule has 5 heteroatoms. The molecular weight excluding hydrogens is 697 g/mol. The molecule has 0 aliphatic heterocycles. The summed E-state index contributed by atoms with van der Waals surface area (Å²) in [7, 11) is 0. The zero-order valence-electron chi connectivity index (χ0n) is 30.5. The lowest BCUT2D eigenvalue weighted by Gasteiger charge is -2.14. The molecular formula is C52H30N4O. The van der Waals surface area contributed by atoms with E-state index < -0.39 is 0 Å². The van der Waals surface area contributed by atoms with Gasteiger partial charge in [0.05, 0.1) is 5.69 Å². The van der Waals surface area contributed by atoms with Crippen LogP contribution >= 0.6 is 0 Å². The van der Waals surface area contributed by atoms with E-state index in [-0.39, 0.29) is 0 Å². The van der Waals surface area contributed by atoms with Gasteiger partial charge in [-0.25, -0.2) is 15.0 Å². The van der Waals surface area contributed by atoms with Crippen LogP contribution in [0.3, 0.4) is 0 Å². The molecule has 12 rings (SSSR count). The summed E-state index contributed by atoms with van der Waals surface area (Å²) < 4.78 is 6.28. The average molecular weight is 727 g/mol. The number of hydrogen-bond donors (Lipinski definition) is 0. The molecule has 3 aromatic heterocycles. The number of para-hydroxylation sites is 1. The summed E-state index contributed by atoms with van der Waals surface area (Å²) in [6.07, 6.45) is 1.88. The minimum Gasteiger partial charge on any atom is -0.456 e. The Kier molecular flexibility index (Phi) is 6.86. The molecule has 1 aliphatic carbocycles. The molecule has 8 aromatic carbocycles. The third-order valence-corrected chi connectivity index (χ3v) is 11.4. The van der Waals surface area contributed by atoms with Crippen LogP contribution in [0.4, 0.5) is 0 Å². The maximum absolute atomic E-state index is 6.28. The number of furan rings is 1. The number of fused-ring (bicyclic) bond motifs is 7. The Bertz CT molecular complexity index is 3380. The lowest BCUT2D eigenvalue weighted by molar-refractivity contribution is 0.669. The molecule has 0 fully saturated rings. The monoisotopic (exact) mass is 726 g/mol. The predicted octanol–water partition coefficient (Wildman–Crippen LogP) is 13.5. The van der Waals surface area contributed by atoms with Crippen molar-refractivity contribution in [3.8, 4) is 78.8 Å². The predicted molar refractivity (Wildman–Crippen MR) is 232 cm³/mol. The van der Waals surface area contributed by atoms with E-state index in [0.717, 1.165) is 71.8 Å². The van der Waals surface area contributed by atoms with Crippen LogP contribution in [0.25, 0.3) is 122 Å². The second kappa shape index (κ2) is 12.4. The summed E-state index contributed by atoms with van der Waals surface area (Å²) in [5.74, 6) is 1.87. The SMILES string of the molecule is c1ccc(-c2nc(-c3ccc(-c4ccc5c6c(cccc46)-c4ncccc4-5)cc3)nc(-c3ccc(-c4cccc5oc6ccccc6c45)c4ccccc34)n2)cc1. The van der Waals surface area contributed by atoms with Gasteiger partial charge in [-0.05, 0) is 73.6 Å². The van der Waals surface area contributed by atoms with Crippen molar-refractivity contribution < 1.29 is 4.42 Å². The summed E-state index contributed by atoms with van der Waals surface area (Å²) in [4.78, 5) is 20.1. The third-order valence-electron chi connectivity index (χ3n) is 11.4. The van der Waals surface area contributed by atoms with E-state index in [4.69, 9.17) is 24.4 Å². The maximum atomic E-state index is 6.28. The molecule has 57 heavy (non-hydrogen) atoms. The summed E-state index contributed by atoms with van der Waals surface area (Å²) in [6.45, 7) is 0. The Balaban J connectivity index is 0.994. The molecule has 0 N–H and O–H groups in total. The van der Waals surface area contributed by atoms with Crippen molar-refractivity contribution in [1.82, 2.24) is 19.9 Å². The van der Waals surface area contributed by atoms with E-state index in [2.05, 4.69) is 121 Å². The van der Waals surface area contributed by atoms with Gasteiger partial charge < -0.3 is 4.42 Å². The molecule has 0 bridgehead atoms. The lowest BCUT2D eigenvalue weighted by Crippen LogP contribution is -2.01. The Morgan fingerprint density at radius 3 is 1.70 bits per heavy atom. The summed E-state index contributed by atoms with van der Waals surface area (Å²) >= 11 is 0. The van der Waals surface area contributed by atoms with Crippen LogP contribution in [-0.2, 0) is 0 Å². The molecule has 0 radical (unpaired) electrons. The van der Waals surface area contributed by atoms with Crippen LogP contribution < -0.4 is 0 Å².